The molecular weight excluding hydrogens is 202 g/mol. The van der Waals surface area contributed by atoms with Gasteiger partial charge in [-0.3, -0.25) is 0 Å². The van der Waals surface area contributed by atoms with Gasteiger partial charge in [0.1, 0.15) is 6.33 Å². The Labute approximate surface area is 97.5 Å². The minimum atomic E-state index is 0.495. The average Bonchev–Trinajstić information content (AvgIpc) is 2.30. The van der Waals surface area contributed by atoms with Gasteiger partial charge in [-0.1, -0.05) is 20.3 Å². The van der Waals surface area contributed by atoms with E-state index in [9.17, 15) is 0 Å². The molecule has 0 spiro atoms. The van der Waals surface area contributed by atoms with E-state index in [0.29, 0.717) is 11.9 Å². The average molecular weight is 223 g/mol. The molecule has 1 atom stereocenters. The van der Waals surface area contributed by atoms with E-state index in [1.54, 1.807) is 13.4 Å². The van der Waals surface area contributed by atoms with Crippen LogP contribution in [0.15, 0.2) is 12.4 Å². The van der Waals surface area contributed by atoms with Crippen molar-refractivity contribution >= 4 is 0 Å². The third-order valence-corrected chi connectivity index (χ3v) is 2.49. The molecule has 0 aromatic carbocycles. The number of methoxy groups -OCH3 is 1. The number of nitrogens with zero attached hydrogens (tertiary/aromatic N) is 2. The molecule has 1 aromatic rings. The Hall–Kier alpha value is -1.16. The van der Waals surface area contributed by atoms with Crippen molar-refractivity contribution in [3.63, 3.8) is 0 Å². The third kappa shape index (κ3) is 4.14. The molecule has 4 nitrogen and oxygen atoms in total. The number of hydrogen-bond donors (Lipinski definition) is 1. The first-order chi connectivity index (χ1) is 7.80. The first-order valence-electron chi connectivity index (χ1n) is 5.88. The molecule has 0 aliphatic heterocycles. The number of rotatable bonds is 7. The van der Waals surface area contributed by atoms with Gasteiger partial charge in [-0.2, -0.15) is 0 Å². The van der Waals surface area contributed by atoms with Gasteiger partial charge in [-0.25, -0.2) is 9.97 Å². The molecule has 0 aliphatic rings. The normalized spacial score (nSPS) is 12.4. The van der Waals surface area contributed by atoms with Crippen LogP contribution in [0.4, 0.5) is 0 Å². The molecule has 0 saturated heterocycles. The molecule has 1 rings (SSSR count). The third-order valence-electron chi connectivity index (χ3n) is 2.49. The van der Waals surface area contributed by atoms with Crippen molar-refractivity contribution in [1.29, 1.82) is 0 Å². The number of likely N-dealkylation sites (N-methyl/N-ethyl adjacent to an activating group) is 1. The minimum Gasteiger partial charge on any atom is -0.481 e. The van der Waals surface area contributed by atoms with Gasteiger partial charge in [0.05, 0.1) is 7.11 Å². The van der Waals surface area contributed by atoms with Crippen LogP contribution in [0.25, 0.3) is 0 Å². The highest BCUT2D eigenvalue weighted by molar-refractivity contribution is 5.14. The molecule has 0 saturated carbocycles. The van der Waals surface area contributed by atoms with Gasteiger partial charge in [0.2, 0.25) is 5.88 Å². The second-order valence-electron chi connectivity index (χ2n) is 3.80. The largest absolute Gasteiger partial charge is 0.481 e. The molecule has 0 amide bonds. The van der Waals surface area contributed by atoms with Crippen LogP contribution >= 0.6 is 0 Å². The second-order valence-corrected chi connectivity index (χ2v) is 3.80. The molecule has 4 heteroatoms. The van der Waals surface area contributed by atoms with Crippen molar-refractivity contribution in [2.45, 2.75) is 39.2 Å². The van der Waals surface area contributed by atoms with E-state index in [-0.39, 0.29) is 0 Å². The van der Waals surface area contributed by atoms with Gasteiger partial charge in [-0.15, -0.1) is 0 Å². The van der Waals surface area contributed by atoms with Crippen molar-refractivity contribution in [2.24, 2.45) is 0 Å². The molecule has 90 valence electrons. The van der Waals surface area contributed by atoms with E-state index in [4.69, 9.17) is 4.74 Å². The van der Waals surface area contributed by atoms with Crippen LogP contribution < -0.4 is 10.1 Å². The van der Waals surface area contributed by atoms with E-state index in [1.807, 2.05) is 6.07 Å². The van der Waals surface area contributed by atoms with Gasteiger partial charge in [0.15, 0.2) is 0 Å². The molecule has 1 heterocycles. The molecule has 0 radical (unpaired) electrons. The fourth-order valence-electron chi connectivity index (χ4n) is 1.77. The Balaban J connectivity index is 2.60. The Bertz CT molecular complexity index is 298. The van der Waals surface area contributed by atoms with Crippen LogP contribution in [0.2, 0.25) is 0 Å². The fraction of sp³-hybridized carbons (Fsp3) is 0.667. The Morgan fingerprint density at radius 3 is 2.81 bits per heavy atom. The Morgan fingerprint density at radius 2 is 2.19 bits per heavy atom. The topological polar surface area (TPSA) is 47.0 Å². The lowest BCUT2D eigenvalue weighted by atomic mass is 10.1. The monoisotopic (exact) mass is 223 g/mol. The second kappa shape index (κ2) is 7.17. The van der Waals surface area contributed by atoms with E-state index in [0.717, 1.165) is 18.7 Å². The van der Waals surface area contributed by atoms with Crippen LogP contribution in [-0.4, -0.2) is 29.7 Å². The highest BCUT2D eigenvalue weighted by Gasteiger charge is 2.08. The molecule has 1 aromatic heterocycles. The summed E-state index contributed by atoms with van der Waals surface area (Å²) >= 11 is 0. The summed E-state index contributed by atoms with van der Waals surface area (Å²) < 4.78 is 5.08. The Morgan fingerprint density at radius 1 is 1.38 bits per heavy atom. The predicted molar refractivity (Wildman–Crippen MR) is 64.7 cm³/mol. The number of aromatic nitrogens is 2. The highest BCUT2D eigenvalue weighted by Crippen LogP contribution is 2.10. The summed E-state index contributed by atoms with van der Waals surface area (Å²) in [6.07, 6.45) is 4.84. The van der Waals surface area contributed by atoms with Gasteiger partial charge in [0.25, 0.3) is 0 Å². The number of hydrogen-bond acceptors (Lipinski definition) is 4. The lowest BCUT2D eigenvalue weighted by molar-refractivity contribution is 0.394. The molecular formula is C12H21N3O. The molecule has 0 aliphatic carbocycles. The summed E-state index contributed by atoms with van der Waals surface area (Å²) in [5, 5.41) is 3.47. The maximum Gasteiger partial charge on any atom is 0.216 e. The summed E-state index contributed by atoms with van der Waals surface area (Å²) in [5.41, 5.74) is 1.03. The zero-order valence-corrected chi connectivity index (χ0v) is 10.4. The summed E-state index contributed by atoms with van der Waals surface area (Å²) in [6.45, 7) is 5.32. The minimum absolute atomic E-state index is 0.495. The lowest BCUT2D eigenvalue weighted by Gasteiger charge is -2.16. The van der Waals surface area contributed by atoms with Crippen molar-refractivity contribution in [3.05, 3.63) is 18.1 Å². The zero-order chi connectivity index (χ0) is 11.8. The summed E-state index contributed by atoms with van der Waals surface area (Å²) in [7, 11) is 1.62. The molecule has 1 N–H and O–H groups in total. The van der Waals surface area contributed by atoms with Crippen LogP contribution in [0.1, 0.15) is 32.4 Å². The van der Waals surface area contributed by atoms with E-state index < -0.39 is 0 Å². The molecule has 0 fully saturated rings. The summed E-state index contributed by atoms with van der Waals surface area (Å²) in [6, 6.07) is 2.40. The SMILES string of the molecule is CCCC(Cc1cc(OC)ncn1)NCC. The van der Waals surface area contributed by atoms with Crippen molar-refractivity contribution in [1.82, 2.24) is 15.3 Å². The highest BCUT2D eigenvalue weighted by atomic mass is 16.5. The number of ether oxygens (including phenoxy) is 1. The molecule has 0 bridgehead atoms. The van der Waals surface area contributed by atoms with Crippen molar-refractivity contribution < 1.29 is 4.74 Å². The van der Waals surface area contributed by atoms with E-state index in [2.05, 4.69) is 29.1 Å². The predicted octanol–water partition coefficient (Wildman–Crippen LogP) is 1.81. The van der Waals surface area contributed by atoms with Gasteiger partial charge in [0, 0.05) is 24.2 Å². The van der Waals surface area contributed by atoms with Crippen molar-refractivity contribution in [2.75, 3.05) is 13.7 Å². The maximum absolute atomic E-state index is 5.08. The number of nitrogens with one attached hydrogen (secondary N) is 1. The van der Waals surface area contributed by atoms with E-state index in [1.165, 1.54) is 12.8 Å². The smallest absolute Gasteiger partial charge is 0.216 e. The fourth-order valence-corrected chi connectivity index (χ4v) is 1.77. The standard InChI is InChI=1S/C12H21N3O/c1-4-6-10(13-5-2)7-11-8-12(16-3)15-9-14-11/h8-10,13H,4-7H2,1-3H3. The van der Waals surface area contributed by atoms with Crippen LogP contribution in [-0.2, 0) is 6.42 Å². The van der Waals surface area contributed by atoms with Crippen LogP contribution in [0.5, 0.6) is 5.88 Å². The molecule has 1 unspecified atom stereocenters. The van der Waals surface area contributed by atoms with Gasteiger partial charge < -0.3 is 10.1 Å². The lowest BCUT2D eigenvalue weighted by Crippen LogP contribution is -2.31. The summed E-state index contributed by atoms with van der Waals surface area (Å²) in [4.78, 5) is 8.26. The maximum atomic E-state index is 5.08. The molecule has 16 heavy (non-hydrogen) atoms. The van der Waals surface area contributed by atoms with Crippen LogP contribution in [0, 0.1) is 0 Å². The quantitative estimate of drug-likeness (QED) is 0.765. The Kier molecular flexibility index (Phi) is 5.78. The van der Waals surface area contributed by atoms with E-state index >= 15 is 0 Å². The summed E-state index contributed by atoms with van der Waals surface area (Å²) in [5.74, 6) is 0.636. The van der Waals surface area contributed by atoms with Crippen LogP contribution in [0.3, 0.4) is 0 Å². The van der Waals surface area contributed by atoms with Gasteiger partial charge >= 0.3 is 0 Å². The first-order valence-corrected chi connectivity index (χ1v) is 5.88. The zero-order valence-electron chi connectivity index (χ0n) is 10.4. The first kappa shape index (κ1) is 12.9. The van der Waals surface area contributed by atoms with Gasteiger partial charge in [-0.05, 0) is 13.0 Å². The van der Waals surface area contributed by atoms with Crippen molar-refractivity contribution in [3.8, 4) is 5.88 Å².